The van der Waals surface area contributed by atoms with Crippen molar-refractivity contribution in [2.45, 2.75) is 19.0 Å². The maximum absolute atomic E-state index is 13.0. The summed E-state index contributed by atoms with van der Waals surface area (Å²) in [5, 5.41) is 8.42. The van der Waals surface area contributed by atoms with Crippen LogP contribution in [0.3, 0.4) is 0 Å². The Morgan fingerprint density at radius 3 is 2.58 bits per heavy atom. The molecule has 0 atom stereocenters. The van der Waals surface area contributed by atoms with Gasteiger partial charge in [-0.1, -0.05) is 12.1 Å². The third-order valence-electron chi connectivity index (χ3n) is 5.27. The number of aryl methyl sites for hydroxylation is 1. The molecule has 0 bridgehead atoms. The maximum atomic E-state index is 13.0. The van der Waals surface area contributed by atoms with Crippen molar-refractivity contribution >= 4 is 17.0 Å². The van der Waals surface area contributed by atoms with Gasteiger partial charge in [-0.15, -0.1) is 0 Å². The zero-order chi connectivity index (χ0) is 21.6. The summed E-state index contributed by atoms with van der Waals surface area (Å²) in [6.45, 7) is 0.828. The fraction of sp³-hybridized carbons (Fsp3) is 0.273. The molecule has 31 heavy (non-hydrogen) atoms. The first-order valence-electron chi connectivity index (χ1n) is 9.96. The lowest BCUT2D eigenvalue weighted by Crippen LogP contribution is -2.07. The van der Waals surface area contributed by atoms with Crippen LogP contribution in [0.1, 0.15) is 18.4 Å². The van der Waals surface area contributed by atoms with Gasteiger partial charge in [0.1, 0.15) is 0 Å². The molecule has 9 heteroatoms. The van der Waals surface area contributed by atoms with Crippen molar-refractivity contribution < 1.29 is 13.2 Å². The van der Waals surface area contributed by atoms with E-state index in [9.17, 15) is 13.2 Å². The van der Waals surface area contributed by atoms with E-state index in [1.807, 2.05) is 12.3 Å². The van der Waals surface area contributed by atoms with Gasteiger partial charge >= 0.3 is 6.18 Å². The monoisotopic (exact) mass is 424 g/mol. The summed E-state index contributed by atoms with van der Waals surface area (Å²) in [5.74, 6) is 1.19. The van der Waals surface area contributed by atoms with Gasteiger partial charge in [0.05, 0.1) is 17.0 Å². The van der Waals surface area contributed by atoms with Crippen molar-refractivity contribution in [3.8, 4) is 22.5 Å². The summed E-state index contributed by atoms with van der Waals surface area (Å²) in [6, 6.07) is 8.66. The van der Waals surface area contributed by atoms with Gasteiger partial charge in [0.25, 0.3) is 0 Å². The molecule has 3 heterocycles. The van der Waals surface area contributed by atoms with Crippen molar-refractivity contribution in [3.05, 3.63) is 54.4 Å². The first-order valence-corrected chi connectivity index (χ1v) is 9.96. The Balaban J connectivity index is 1.60. The van der Waals surface area contributed by atoms with Crippen molar-refractivity contribution in [1.29, 1.82) is 0 Å². The minimum atomic E-state index is -4.39. The molecule has 0 spiro atoms. The molecule has 1 aliphatic rings. The number of hydrogen-bond acceptors (Lipinski definition) is 5. The Hall–Kier alpha value is -3.49. The standard InChI is InChI=1S/C22H19F3N6/c1-31-12-15-10-17(18-8-9-26-21(28-18)27-11-13-2-3-13)19(29-20(15)30-31)14-4-6-16(7-5-14)22(23,24)25/h4-10,12-13H,2-3,11H2,1H3,(H,26,27,28). The van der Waals surface area contributed by atoms with E-state index in [2.05, 4.69) is 25.4 Å². The molecular weight excluding hydrogens is 405 g/mol. The van der Waals surface area contributed by atoms with Crippen molar-refractivity contribution in [1.82, 2.24) is 24.7 Å². The molecule has 6 nitrogen and oxygen atoms in total. The van der Waals surface area contributed by atoms with Crippen LogP contribution in [-0.2, 0) is 13.2 Å². The highest BCUT2D eigenvalue weighted by molar-refractivity contribution is 5.89. The molecule has 1 fully saturated rings. The molecule has 1 aliphatic carbocycles. The fourth-order valence-corrected chi connectivity index (χ4v) is 3.46. The van der Waals surface area contributed by atoms with Crippen molar-refractivity contribution in [2.24, 2.45) is 13.0 Å². The molecule has 0 saturated heterocycles. The largest absolute Gasteiger partial charge is 0.416 e. The van der Waals surface area contributed by atoms with Gasteiger partial charge in [-0.3, -0.25) is 4.68 Å². The lowest BCUT2D eigenvalue weighted by molar-refractivity contribution is -0.137. The average Bonchev–Trinajstić information content (AvgIpc) is 3.50. The second-order valence-electron chi connectivity index (χ2n) is 7.77. The molecule has 0 amide bonds. The Morgan fingerprint density at radius 1 is 1.10 bits per heavy atom. The van der Waals surface area contributed by atoms with E-state index in [4.69, 9.17) is 0 Å². The maximum Gasteiger partial charge on any atom is 0.416 e. The van der Waals surface area contributed by atoms with Gasteiger partial charge in [0.15, 0.2) is 5.65 Å². The summed E-state index contributed by atoms with van der Waals surface area (Å²) >= 11 is 0. The minimum Gasteiger partial charge on any atom is -0.354 e. The number of hydrogen-bond donors (Lipinski definition) is 1. The number of aromatic nitrogens is 5. The van der Waals surface area contributed by atoms with Crippen LogP contribution in [0.4, 0.5) is 19.1 Å². The van der Waals surface area contributed by atoms with E-state index < -0.39 is 11.7 Å². The van der Waals surface area contributed by atoms with Crippen LogP contribution < -0.4 is 5.32 Å². The van der Waals surface area contributed by atoms with Crippen LogP contribution >= 0.6 is 0 Å². The molecule has 0 aliphatic heterocycles. The topological polar surface area (TPSA) is 68.5 Å². The quantitative estimate of drug-likeness (QED) is 0.492. The number of rotatable bonds is 5. The second-order valence-corrected chi connectivity index (χ2v) is 7.77. The predicted molar refractivity (Wildman–Crippen MR) is 111 cm³/mol. The van der Waals surface area contributed by atoms with Gasteiger partial charge in [-0.2, -0.15) is 18.3 Å². The normalized spacial score (nSPS) is 14.2. The Bertz CT molecular complexity index is 1240. The Morgan fingerprint density at radius 2 is 1.87 bits per heavy atom. The van der Waals surface area contributed by atoms with E-state index in [-0.39, 0.29) is 0 Å². The van der Waals surface area contributed by atoms with Gasteiger partial charge in [-0.25, -0.2) is 15.0 Å². The molecular formula is C22H19F3N6. The third kappa shape index (κ3) is 4.08. The lowest BCUT2D eigenvalue weighted by Gasteiger charge is -2.12. The molecule has 0 radical (unpaired) electrons. The number of anilines is 1. The number of fused-ring (bicyclic) bond motifs is 1. The predicted octanol–water partition coefficient (Wildman–Crippen LogP) is 4.93. The van der Waals surface area contributed by atoms with Gasteiger partial charge in [0.2, 0.25) is 5.95 Å². The fourth-order valence-electron chi connectivity index (χ4n) is 3.46. The zero-order valence-corrected chi connectivity index (χ0v) is 16.7. The van der Waals surface area contributed by atoms with Gasteiger partial charge < -0.3 is 5.32 Å². The Labute approximate surface area is 176 Å². The van der Waals surface area contributed by atoms with Crippen molar-refractivity contribution in [2.75, 3.05) is 11.9 Å². The second kappa shape index (κ2) is 7.33. The molecule has 0 unspecified atom stereocenters. The number of nitrogens with one attached hydrogen (secondary N) is 1. The van der Waals surface area contributed by atoms with E-state index in [1.54, 1.807) is 24.0 Å². The van der Waals surface area contributed by atoms with E-state index in [1.165, 1.54) is 25.0 Å². The molecule has 1 aromatic carbocycles. The number of halogens is 3. The summed E-state index contributed by atoms with van der Waals surface area (Å²) < 4.78 is 40.7. The third-order valence-corrected chi connectivity index (χ3v) is 5.27. The molecule has 5 rings (SSSR count). The first kappa shape index (κ1) is 19.5. The molecule has 1 saturated carbocycles. The zero-order valence-electron chi connectivity index (χ0n) is 16.7. The van der Waals surface area contributed by atoms with Crippen molar-refractivity contribution in [3.63, 3.8) is 0 Å². The van der Waals surface area contributed by atoms with Gasteiger partial charge in [-0.05, 0) is 43.0 Å². The highest BCUT2D eigenvalue weighted by Gasteiger charge is 2.30. The van der Waals surface area contributed by atoms with Crippen LogP contribution in [0.25, 0.3) is 33.5 Å². The highest BCUT2D eigenvalue weighted by atomic mass is 19.4. The highest BCUT2D eigenvalue weighted by Crippen LogP contribution is 2.35. The average molecular weight is 424 g/mol. The van der Waals surface area contributed by atoms with Crippen LogP contribution in [0.2, 0.25) is 0 Å². The minimum absolute atomic E-state index is 0.516. The lowest BCUT2D eigenvalue weighted by atomic mass is 10.0. The molecule has 4 aromatic rings. The first-order chi connectivity index (χ1) is 14.9. The number of pyridine rings is 1. The Kier molecular flexibility index (Phi) is 4.60. The summed E-state index contributed by atoms with van der Waals surface area (Å²) in [4.78, 5) is 13.6. The van der Waals surface area contributed by atoms with Gasteiger partial charge in [0, 0.05) is 42.5 Å². The summed E-state index contributed by atoms with van der Waals surface area (Å²) in [5.41, 5.74) is 2.24. The van der Waals surface area contributed by atoms with E-state index in [0.29, 0.717) is 40.0 Å². The summed E-state index contributed by atoms with van der Waals surface area (Å²) in [7, 11) is 1.80. The molecule has 158 valence electrons. The van der Waals surface area contributed by atoms with E-state index in [0.717, 1.165) is 24.1 Å². The number of benzene rings is 1. The van der Waals surface area contributed by atoms with Crippen LogP contribution in [0, 0.1) is 5.92 Å². The smallest absolute Gasteiger partial charge is 0.354 e. The SMILES string of the molecule is Cn1cc2cc(-c3ccnc(NCC4CC4)n3)c(-c3ccc(C(F)(F)F)cc3)nc2n1. The van der Waals surface area contributed by atoms with Crippen LogP contribution in [0.5, 0.6) is 0 Å². The van der Waals surface area contributed by atoms with E-state index >= 15 is 0 Å². The summed E-state index contributed by atoms with van der Waals surface area (Å²) in [6.07, 6.45) is 1.55. The molecule has 1 N–H and O–H groups in total. The van der Waals surface area contributed by atoms with Crippen LogP contribution in [-0.4, -0.2) is 31.3 Å². The molecule has 3 aromatic heterocycles. The number of alkyl halides is 3. The van der Waals surface area contributed by atoms with Crippen LogP contribution in [0.15, 0.2) is 48.8 Å². The number of nitrogens with zero attached hydrogens (tertiary/aromatic N) is 5.